The normalized spacial score (nSPS) is 18.5. The summed E-state index contributed by atoms with van der Waals surface area (Å²) in [7, 11) is 0. The molecule has 5 nitrogen and oxygen atoms in total. The lowest BCUT2D eigenvalue weighted by atomic mass is 9.94. The fourth-order valence-corrected chi connectivity index (χ4v) is 4.55. The Morgan fingerprint density at radius 1 is 1.25 bits per heavy atom. The molecule has 1 saturated heterocycles. The Kier molecular flexibility index (Phi) is 4.22. The summed E-state index contributed by atoms with van der Waals surface area (Å²) < 4.78 is 0. The molecule has 6 heteroatoms. The Balaban J connectivity index is 1.37. The molecule has 2 aliphatic rings. The minimum absolute atomic E-state index is 0.157. The molecule has 0 bridgehead atoms. The number of piperidine rings is 1. The van der Waals surface area contributed by atoms with Crippen LogP contribution in [0.15, 0.2) is 23.8 Å². The number of thiophene rings is 1. The average Bonchev–Trinajstić information content (AvgIpc) is 3.09. The Hall–Kier alpha value is -1.95. The summed E-state index contributed by atoms with van der Waals surface area (Å²) >= 11 is 1.82. The van der Waals surface area contributed by atoms with E-state index < -0.39 is 0 Å². The molecule has 0 radical (unpaired) electrons. The van der Waals surface area contributed by atoms with E-state index in [4.69, 9.17) is 0 Å². The molecule has 0 saturated carbocycles. The van der Waals surface area contributed by atoms with Gasteiger partial charge in [0.05, 0.1) is 0 Å². The second kappa shape index (κ2) is 6.51. The van der Waals surface area contributed by atoms with E-state index in [2.05, 4.69) is 31.2 Å². The summed E-state index contributed by atoms with van der Waals surface area (Å²) in [6.07, 6.45) is 4.45. The van der Waals surface area contributed by atoms with Crippen molar-refractivity contribution in [3.05, 3.63) is 40.0 Å². The number of aryl methyl sites for hydroxylation is 1. The van der Waals surface area contributed by atoms with Crippen molar-refractivity contribution in [2.45, 2.75) is 32.7 Å². The van der Waals surface area contributed by atoms with Crippen LogP contribution in [0.5, 0.6) is 0 Å². The van der Waals surface area contributed by atoms with Gasteiger partial charge in [-0.05, 0) is 43.2 Å². The molecule has 0 aromatic carbocycles. The average molecular weight is 342 g/mol. The highest BCUT2D eigenvalue weighted by molar-refractivity contribution is 7.10. The minimum atomic E-state index is 0.157. The number of fused-ring (bicyclic) bond motifs is 1. The SMILES string of the molecule is Cc1cc(N2CCC(C(=O)N3CCc4sccc4C3)CC2)ncn1. The number of amides is 1. The lowest BCUT2D eigenvalue weighted by molar-refractivity contribution is -0.137. The van der Waals surface area contributed by atoms with Gasteiger partial charge in [0.15, 0.2) is 0 Å². The molecule has 1 fully saturated rings. The number of aromatic nitrogens is 2. The van der Waals surface area contributed by atoms with Crippen LogP contribution in [0, 0.1) is 12.8 Å². The van der Waals surface area contributed by atoms with E-state index in [9.17, 15) is 4.79 Å². The van der Waals surface area contributed by atoms with Gasteiger partial charge in [0.2, 0.25) is 5.91 Å². The fraction of sp³-hybridized carbons (Fsp3) is 0.500. The van der Waals surface area contributed by atoms with Crippen LogP contribution in [0.4, 0.5) is 5.82 Å². The van der Waals surface area contributed by atoms with Gasteiger partial charge in [0, 0.05) is 48.7 Å². The van der Waals surface area contributed by atoms with Crippen molar-refractivity contribution in [3.63, 3.8) is 0 Å². The maximum atomic E-state index is 12.9. The van der Waals surface area contributed by atoms with E-state index in [1.807, 2.05) is 24.3 Å². The zero-order chi connectivity index (χ0) is 16.5. The predicted molar refractivity (Wildman–Crippen MR) is 95.1 cm³/mol. The topological polar surface area (TPSA) is 49.3 Å². The Morgan fingerprint density at radius 3 is 2.88 bits per heavy atom. The van der Waals surface area contributed by atoms with Crippen LogP contribution in [0.1, 0.15) is 29.0 Å². The molecule has 0 unspecified atom stereocenters. The van der Waals surface area contributed by atoms with Crippen LogP contribution >= 0.6 is 11.3 Å². The van der Waals surface area contributed by atoms with Gasteiger partial charge in [0.25, 0.3) is 0 Å². The molecule has 24 heavy (non-hydrogen) atoms. The van der Waals surface area contributed by atoms with Gasteiger partial charge in [0.1, 0.15) is 12.1 Å². The first-order valence-electron chi connectivity index (χ1n) is 8.58. The molecule has 0 atom stereocenters. The highest BCUT2D eigenvalue weighted by atomic mass is 32.1. The number of carbonyl (C=O) groups is 1. The van der Waals surface area contributed by atoms with Crippen molar-refractivity contribution >= 4 is 23.1 Å². The van der Waals surface area contributed by atoms with Crippen LogP contribution in [-0.2, 0) is 17.8 Å². The van der Waals surface area contributed by atoms with Crippen LogP contribution < -0.4 is 4.90 Å². The molecular weight excluding hydrogens is 320 g/mol. The molecular formula is C18H22N4OS. The number of hydrogen-bond acceptors (Lipinski definition) is 5. The predicted octanol–water partition coefficient (Wildman–Crippen LogP) is 2.65. The summed E-state index contributed by atoms with van der Waals surface area (Å²) in [5, 5.41) is 2.14. The number of carbonyl (C=O) groups excluding carboxylic acids is 1. The van der Waals surface area contributed by atoms with Gasteiger partial charge in [-0.1, -0.05) is 0 Å². The first kappa shape index (κ1) is 15.6. The smallest absolute Gasteiger partial charge is 0.226 e. The minimum Gasteiger partial charge on any atom is -0.356 e. The number of hydrogen-bond donors (Lipinski definition) is 0. The molecule has 1 amide bonds. The Bertz CT molecular complexity index is 736. The standard InChI is InChI=1S/C18H22N4OS/c1-13-10-17(20-12-19-13)21-6-2-14(3-7-21)18(23)22-8-4-16-15(11-22)5-9-24-16/h5,9-10,12,14H,2-4,6-8,11H2,1H3. The largest absolute Gasteiger partial charge is 0.356 e. The molecule has 2 aliphatic heterocycles. The van der Waals surface area contributed by atoms with Gasteiger partial charge in [-0.2, -0.15) is 0 Å². The first-order valence-corrected chi connectivity index (χ1v) is 9.46. The van der Waals surface area contributed by atoms with Crippen molar-refractivity contribution in [2.24, 2.45) is 5.92 Å². The highest BCUT2D eigenvalue weighted by Gasteiger charge is 2.30. The van der Waals surface area contributed by atoms with Crippen molar-refractivity contribution in [1.29, 1.82) is 0 Å². The van der Waals surface area contributed by atoms with Crippen molar-refractivity contribution < 1.29 is 4.79 Å². The Morgan fingerprint density at radius 2 is 2.08 bits per heavy atom. The van der Waals surface area contributed by atoms with Crippen molar-refractivity contribution in [1.82, 2.24) is 14.9 Å². The molecule has 0 N–H and O–H groups in total. The van der Waals surface area contributed by atoms with Gasteiger partial charge >= 0.3 is 0 Å². The Labute approximate surface area is 146 Å². The zero-order valence-corrected chi connectivity index (χ0v) is 14.8. The quantitative estimate of drug-likeness (QED) is 0.842. The molecule has 2 aromatic heterocycles. The monoisotopic (exact) mass is 342 g/mol. The molecule has 2 aromatic rings. The summed E-state index contributed by atoms with van der Waals surface area (Å²) in [6, 6.07) is 4.18. The first-order chi connectivity index (χ1) is 11.7. The fourth-order valence-electron chi connectivity index (χ4n) is 3.66. The van der Waals surface area contributed by atoms with Gasteiger partial charge < -0.3 is 9.80 Å². The zero-order valence-electron chi connectivity index (χ0n) is 13.9. The molecule has 0 aliphatic carbocycles. The lowest BCUT2D eigenvalue weighted by Gasteiger charge is -2.36. The molecule has 0 spiro atoms. The number of anilines is 1. The van der Waals surface area contributed by atoms with E-state index in [-0.39, 0.29) is 5.92 Å². The third-order valence-corrected chi connectivity index (χ3v) is 6.10. The van der Waals surface area contributed by atoms with E-state index >= 15 is 0 Å². The second-order valence-electron chi connectivity index (χ2n) is 6.66. The maximum absolute atomic E-state index is 12.9. The summed E-state index contributed by atoms with van der Waals surface area (Å²) in [5.41, 5.74) is 2.33. The van der Waals surface area contributed by atoms with E-state index in [1.165, 1.54) is 10.4 Å². The van der Waals surface area contributed by atoms with Gasteiger partial charge in [-0.25, -0.2) is 9.97 Å². The molecule has 4 heterocycles. The maximum Gasteiger partial charge on any atom is 0.226 e. The highest BCUT2D eigenvalue weighted by Crippen LogP contribution is 2.28. The van der Waals surface area contributed by atoms with E-state index in [0.29, 0.717) is 5.91 Å². The molecule has 4 rings (SSSR count). The second-order valence-corrected chi connectivity index (χ2v) is 7.66. The van der Waals surface area contributed by atoms with Crippen molar-refractivity contribution in [2.75, 3.05) is 24.5 Å². The molecule has 126 valence electrons. The van der Waals surface area contributed by atoms with Crippen LogP contribution in [0.3, 0.4) is 0 Å². The third kappa shape index (κ3) is 3.02. The summed E-state index contributed by atoms with van der Waals surface area (Å²) in [4.78, 5) is 27.2. The van der Waals surface area contributed by atoms with Crippen LogP contribution in [-0.4, -0.2) is 40.4 Å². The number of rotatable bonds is 2. The van der Waals surface area contributed by atoms with E-state index in [0.717, 1.165) is 57.0 Å². The van der Waals surface area contributed by atoms with E-state index in [1.54, 1.807) is 6.33 Å². The van der Waals surface area contributed by atoms with Crippen molar-refractivity contribution in [3.8, 4) is 0 Å². The lowest BCUT2D eigenvalue weighted by Crippen LogP contribution is -2.44. The number of nitrogens with zero attached hydrogens (tertiary/aromatic N) is 4. The van der Waals surface area contributed by atoms with Gasteiger partial charge in [-0.15, -0.1) is 11.3 Å². The van der Waals surface area contributed by atoms with Crippen LogP contribution in [0.2, 0.25) is 0 Å². The summed E-state index contributed by atoms with van der Waals surface area (Å²) in [6.45, 7) is 5.44. The summed E-state index contributed by atoms with van der Waals surface area (Å²) in [5.74, 6) is 1.48. The van der Waals surface area contributed by atoms with Gasteiger partial charge in [-0.3, -0.25) is 4.79 Å². The van der Waals surface area contributed by atoms with Crippen LogP contribution in [0.25, 0.3) is 0 Å². The third-order valence-electron chi connectivity index (χ3n) is 5.08.